The van der Waals surface area contributed by atoms with Gasteiger partial charge in [-0.25, -0.2) is 4.79 Å². The molecule has 1 aliphatic rings. The van der Waals surface area contributed by atoms with Crippen LogP contribution in [0.3, 0.4) is 0 Å². The minimum atomic E-state index is -4.57. The molecule has 1 heterocycles. The highest BCUT2D eigenvalue weighted by atomic mass is 28.3. The summed E-state index contributed by atoms with van der Waals surface area (Å²) >= 11 is 0. The Hall–Kier alpha value is -2.08. The molecule has 0 spiro atoms. The maximum Gasteiger partial charge on any atom is 0.419 e. The Balaban J connectivity index is 1.60. The van der Waals surface area contributed by atoms with E-state index in [1.807, 2.05) is 12.1 Å². The topological polar surface area (TPSA) is 26.3 Å². The van der Waals surface area contributed by atoms with E-state index in [-0.39, 0.29) is 5.56 Å². The van der Waals surface area contributed by atoms with Crippen molar-refractivity contribution >= 4 is 14.8 Å². The van der Waals surface area contributed by atoms with Crippen molar-refractivity contribution in [1.82, 2.24) is 0 Å². The third kappa shape index (κ3) is 5.97. The van der Waals surface area contributed by atoms with Crippen LogP contribution in [0, 0.1) is 5.92 Å². The molecule has 0 aliphatic carbocycles. The van der Waals surface area contributed by atoms with Gasteiger partial charge in [0.05, 0.1) is 11.1 Å². The van der Waals surface area contributed by atoms with Gasteiger partial charge in [-0.1, -0.05) is 62.7 Å². The van der Waals surface area contributed by atoms with Gasteiger partial charge in [0, 0.05) is 8.80 Å². The number of carbonyl (C=O) groups excluding carboxylic acids is 1. The van der Waals surface area contributed by atoms with Crippen LogP contribution in [0.1, 0.15) is 60.5 Å². The summed E-state index contributed by atoms with van der Waals surface area (Å²) in [5, 5.41) is 0. The monoisotopic (exact) mass is 434 g/mol. The Bertz CT molecular complexity index is 838. The van der Waals surface area contributed by atoms with Crippen LogP contribution in [-0.2, 0) is 6.18 Å². The molecule has 3 rings (SSSR count). The lowest BCUT2D eigenvalue weighted by Gasteiger charge is -2.28. The SMILES string of the molecule is CC(C)CC[Si@H]1CC[C@H](c2ccc(C(=O)Oc3ccccc3C(F)(F)F)cc2)CC1. The molecular weight excluding hydrogens is 405 g/mol. The zero-order valence-corrected chi connectivity index (χ0v) is 18.7. The van der Waals surface area contributed by atoms with Crippen molar-refractivity contribution in [3.8, 4) is 5.75 Å². The Morgan fingerprint density at radius 2 is 1.70 bits per heavy atom. The van der Waals surface area contributed by atoms with Crippen LogP contribution >= 0.6 is 0 Å². The van der Waals surface area contributed by atoms with Gasteiger partial charge in [0.25, 0.3) is 0 Å². The highest BCUT2D eigenvalue weighted by Crippen LogP contribution is 2.37. The zero-order chi connectivity index (χ0) is 21.7. The maximum absolute atomic E-state index is 13.1. The molecule has 6 heteroatoms. The van der Waals surface area contributed by atoms with Gasteiger partial charge in [-0.15, -0.1) is 0 Å². The van der Waals surface area contributed by atoms with Gasteiger partial charge in [-0.3, -0.25) is 0 Å². The predicted molar refractivity (Wildman–Crippen MR) is 116 cm³/mol. The molecule has 0 amide bonds. The summed E-state index contributed by atoms with van der Waals surface area (Å²) in [5.41, 5.74) is 0.516. The summed E-state index contributed by atoms with van der Waals surface area (Å²) in [5.74, 6) is 0.0567. The molecule has 0 bridgehead atoms. The van der Waals surface area contributed by atoms with Crippen molar-refractivity contribution in [2.24, 2.45) is 5.92 Å². The summed E-state index contributed by atoms with van der Waals surface area (Å²) in [4.78, 5) is 12.4. The molecule has 0 unspecified atom stereocenters. The number of benzene rings is 2. The summed E-state index contributed by atoms with van der Waals surface area (Å²) in [6.45, 7) is 4.57. The fourth-order valence-electron chi connectivity index (χ4n) is 4.19. The van der Waals surface area contributed by atoms with Gasteiger partial charge >= 0.3 is 12.1 Å². The lowest BCUT2D eigenvalue weighted by molar-refractivity contribution is -0.138. The van der Waals surface area contributed by atoms with Gasteiger partial charge in [-0.2, -0.15) is 13.2 Å². The van der Waals surface area contributed by atoms with Gasteiger partial charge in [0.1, 0.15) is 5.75 Å². The Kier molecular flexibility index (Phi) is 7.39. The van der Waals surface area contributed by atoms with E-state index in [2.05, 4.69) is 13.8 Å². The van der Waals surface area contributed by atoms with Gasteiger partial charge in [0.15, 0.2) is 0 Å². The van der Waals surface area contributed by atoms with E-state index in [4.69, 9.17) is 4.74 Å². The van der Waals surface area contributed by atoms with Crippen LogP contribution in [0.25, 0.3) is 0 Å². The van der Waals surface area contributed by atoms with Crippen molar-refractivity contribution in [1.29, 1.82) is 0 Å². The maximum atomic E-state index is 13.1. The first-order valence-corrected chi connectivity index (χ1v) is 13.2. The second-order valence-electron chi connectivity index (χ2n) is 8.69. The molecule has 0 atom stereocenters. The van der Waals surface area contributed by atoms with E-state index in [1.54, 1.807) is 12.1 Å². The van der Waals surface area contributed by atoms with Crippen molar-refractivity contribution < 1.29 is 22.7 Å². The molecule has 0 aromatic heterocycles. The zero-order valence-electron chi connectivity index (χ0n) is 17.5. The highest BCUT2D eigenvalue weighted by Gasteiger charge is 2.34. The van der Waals surface area contributed by atoms with E-state index in [0.717, 1.165) is 18.1 Å². The smallest absolute Gasteiger partial charge is 0.419 e. The lowest BCUT2D eigenvalue weighted by atomic mass is 9.93. The fraction of sp³-hybridized carbons (Fsp3) is 0.458. The Morgan fingerprint density at radius 3 is 2.30 bits per heavy atom. The minimum absolute atomic E-state index is 0.260. The molecule has 0 saturated carbocycles. The number of rotatable bonds is 6. The van der Waals surface area contributed by atoms with Crippen molar-refractivity contribution in [3.63, 3.8) is 0 Å². The van der Waals surface area contributed by atoms with E-state index >= 15 is 0 Å². The lowest BCUT2D eigenvalue weighted by Crippen LogP contribution is -2.21. The van der Waals surface area contributed by atoms with Crippen LogP contribution in [0.4, 0.5) is 13.2 Å². The normalized spacial score (nSPS) is 19.7. The molecule has 0 N–H and O–H groups in total. The molecule has 162 valence electrons. The average Bonchev–Trinajstić information content (AvgIpc) is 2.72. The first-order valence-electron chi connectivity index (χ1n) is 10.7. The third-order valence-corrected chi connectivity index (χ3v) is 9.46. The quantitative estimate of drug-likeness (QED) is 0.276. The number of hydrogen-bond acceptors (Lipinski definition) is 2. The summed E-state index contributed by atoms with van der Waals surface area (Å²) in [6, 6.07) is 16.1. The second-order valence-corrected chi connectivity index (χ2v) is 12.2. The molecule has 0 radical (unpaired) electrons. The summed E-state index contributed by atoms with van der Waals surface area (Å²) in [6.07, 6.45) is -0.816. The highest BCUT2D eigenvalue weighted by molar-refractivity contribution is 6.59. The molecular formula is C24H29F3O2Si. The molecule has 1 aliphatic heterocycles. The third-order valence-electron chi connectivity index (χ3n) is 6.01. The van der Waals surface area contributed by atoms with Crippen LogP contribution in [-0.4, -0.2) is 14.8 Å². The molecule has 2 nitrogen and oxygen atoms in total. The van der Waals surface area contributed by atoms with Gasteiger partial charge in [0.2, 0.25) is 0 Å². The molecule has 30 heavy (non-hydrogen) atoms. The largest absolute Gasteiger partial charge is 0.422 e. The first-order chi connectivity index (χ1) is 14.2. The first kappa shape index (κ1) is 22.6. The van der Waals surface area contributed by atoms with Gasteiger partial charge < -0.3 is 4.74 Å². The van der Waals surface area contributed by atoms with Crippen LogP contribution in [0.15, 0.2) is 48.5 Å². The van der Waals surface area contributed by atoms with Crippen molar-refractivity contribution in [3.05, 3.63) is 65.2 Å². The summed E-state index contributed by atoms with van der Waals surface area (Å²) in [7, 11) is -0.596. The average molecular weight is 435 g/mol. The van der Waals surface area contributed by atoms with Crippen molar-refractivity contribution in [2.75, 3.05) is 0 Å². The Morgan fingerprint density at radius 1 is 1.07 bits per heavy atom. The fourth-order valence-corrected chi connectivity index (χ4v) is 7.95. The number of para-hydroxylation sites is 1. The van der Waals surface area contributed by atoms with Crippen LogP contribution in [0.2, 0.25) is 18.1 Å². The number of hydrogen-bond donors (Lipinski definition) is 0. The second kappa shape index (κ2) is 9.82. The minimum Gasteiger partial charge on any atom is -0.422 e. The number of alkyl halides is 3. The number of halogens is 3. The van der Waals surface area contributed by atoms with Crippen LogP contribution in [0.5, 0.6) is 5.75 Å². The summed E-state index contributed by atoms with van der Waals surface area (Å²) < 4.78 is 44.3. The molecule has 2 aromatic rings. The number of ether oxygens (including phenoxy) is 1. The molecule has 2 aromatic carbocycles. The molecule has 1 saturated heterocycles. The Labute approximate surface area is 178 Å². The van der Waals surface area contributed by atoms with E-state index in [0.29, 0.717) is 5.92 Å². The number of carbonyl (C=O) groups is 1. The number of esters is 1. The predicted octanol–water partition coefficient (Wildman–Crippen LogP) is 7.08. The van der Waals surface area contributed by atoms with Crippen molar-refractivity contribution in [2.45, 2.75) is 63.3 Å². The van der Waals surface area contributed by atoms with E-state index < -0.39 is 32.3 Å². The standard InChI is InChI=1S/C24H29F3O2Si/c1-17(2)11-14-30-15-12-19(13-16-30)18-7-9-20(10-8-18)23(28)29-22-6-4-3-5-21(22)24(25,26)27/h3-10,17,19,30H,11-16H2,1-2H3/t19-,30-. The molecule has 1 fully saturated rings. The van der Waals surface area contributed by atoms with Gasteiger partial charge in [-0.05, 0) is 54.5 Å². The van der Waals surface area contributed by atoms with E-state index in [9.17, 15) is 18.0 Å². The van der Waals surface area contributed by atoms with Crippen LogP contribution < -0.4 is 4.74 Å². The van der Waals surface area contributed by atoms with E-state index in [1.165, 1.54) is 55.1 Å².